The Bertz CT molecular complexity index is 732. The van der Waals surface area contributed by atoms with E-state index in [4.69, 9.17) is 4.74 Å². The average molecular weight is 437 g/mol. The molecule has 7 heteroatoms. The number of alkyl halides is 2. The van der Waals surface area contributed by atoms with Crippen LogP contribution in [0.2, 0.25) is 0 Å². The van der Waals surface area contributed by atoms with E-state index in [0.717, 1.165) is 4.57 Å². The fourth-order valence-electron chi connectivity index (χ4n) is 2.07. The van der Waals surface area contributed by atoms with Gasteiger partial charge in [0, 0.05) is 10.0 Å². The molecule has 3 nitrogen and oxygen atoms in total. The standard InChI is InChI=1S/C15H13Br2F2NO2/c1-2-22-9-3-4-10(12(17)7-9)13-6-5-11(16)15(21)20(13)8-14(18)19/h3-7,14H,2,8H2,1H3. The molecule has 0 radical (unpaired) electrons. The molecule has 2 aromatic rings. The number of halogens is 4. The van der Waals surface area contributed by atoms with E-state index in [1.165, 1.54) is 0 Å². The second-order valence-electron chi connectivity index (χ2n) is 4.45. The van der Waals surface area contributed by atoms with Crippen molar-refractivity contribution in [3.05, 3.63) is 49.6 Å². The predicted molar refractivity (Wildman–Crippen MR) is 88.7 cm³/mol. The Labute approximate surface area is 143 Å². The van der Waals surface area contributed by atoms with Gasteiger partial charge in [0.25, 0.3) is 12.0 Å². The molecule has 0 saturated carbocycles. The molecular weight excluding hydrogens is 424 g/mol. The maximum atomic E-state index is 12.8. The number of nitrogens with zero attached hydrogens (tertiary/aromatic N) is 1. The zero-order chi connectivity index (χ0) is 16.3. The number of hydrogen-bond acceptors (Lipinski definition) is 2. The van der Waals surface area contributed by atoms with Gasteiger partial charge in [0.05, 0.1) is 23.3 Å². The van der Waals surface area contributed by atoms with Gasteiger partial charge < -0.3 is 9.30 Å². The number of pyridine rings is 1. The third-order valence-corrected chi connectivity index (χ3v) is 4.24. The fourth-order valence-corrected chi connectivity index (χ4v) is 2.97. The van der Waals surface area contributed by atoms with E-state index in [9.17, 15) is 13.6 Å². The van der Waals surface area contributed by atoms with Crippen LogP contribution in [-0.4, -0.2) is 17.6 Å². The summed E-state index contributed by atoms with van der Waals surface area (Å²) in [5, 5.41) is 0. The molecule has 118 valence electrons. The minimum atomic E-state index is -2.62. The van der Waals surface area contributed by atoms with E-state index in [-0.39, 0.29) is 4.47 Å². The van der Waals surface area contributed by atoms with Crippen LogP contribution in [0, 0.1) is 0 Å². The van der Waals surface area contributed by atoms with Crippen LogP contribution in [0.1, 0.15) is 6.92 Å². The Morgan fingerprint density at radius 3 is 2.50 bits per heavy atom. The number of hydrogen-bond donors (Lipinski definition) is 0. The van der Waals surface area contributed by atoms with Crippen molar-refractivity contribution in [3.63, 3.8) is 0 Å². The van der Waals surface area contributed by atoms with Crippen molar-refractivity contribution in [1.29, 1.82) is 0 Å². The topological polar surface area (TPSA) is 31.2 Å². The molecule has 0 spiro atoms. The molecule has 1 aromatic carbocycles. The second kappa shape index (κ2) is 7.37. The zero-order valence-corrected chi connectivity index (χ0v) is 14.8. The Morgan fingerprint density at radius 2 is 1.91 bits per heavy atom. The minimum absolute atomic E-state index is 0.249. The van der Waals surface area contributed by atoms with Crippen LogP contribution < -0.4 is 10.3 Å². The van der Waals surface area contributed by atoms with Crippen molar-refractivity contribution in [3.8, 4) is 17.0 Å². The number of benzene rings is 1. The van der Waals surface area contributed by atoms with Crippen LogP contribution in [0.25, 0.3) is 11.3 Å². The van der Waals surface area contributed by atoms with Crippen molar-refractivity contribution < 1.29 is 13.5 Å². The first-order chi connectivity index (χ1) is 10.4. The zero-order valence-electron chi connectivity index (χ0n) is 11.7. The molecule has 0 fully saturated rings. The third kappa shape index (κ3) is 3.76. The van der Waals surface area contributed by atoms with Crippen molar-refractivity contribution in [2.75, 3.05) is 6.61 Å². The summed E-state index contributed by atoms with van der Waals surface area (Å²) in [5.41, 5.74) is 0.579. The van der Waals surface area contributed by atoms with Crippen LogP contribution in [0.15, 0.2) is 44.1 Å². The Morgan fingerprint density at radius 1 is 1.18 bits per heavy atom. The van der Waals surface area contributed by atoms with Gasteiger partial charge in [-0.1, -0.05) is 0 Å². The average Bonchev–Trinajstić information content (AvgIpc) is 2.45. The van der Waals surface area contributed by atoms with Gasteiger partial charge in [-0.2, -0.15) is 0 Å². The molecule has 2 rings (SSSR count). The van der Waals surface area contributed by atoms with Gasteiger partial charge in [0.1, 0.15) is 5.75 Å². The first-order valence-electron chi connectivity index (χ1n) is 6.54. The van der Waals surface area contributed by atoms with Crippen molar-refractivity contribution in [2.24, 2.45) is 0 Å². The first-order valence-corrected chi connectivity index (χ1v) is 8.12. The molecule has 0 amide bonds. The monoisotopic (exact) mass is 435 g/mol. The lowest BCUT2D eigenvalue weighted by molar-refractivity contribution is 0.126. The summed E-state index contributed by atoms with van der Waals surface area (Å²) in [6, 6.07) is 8.41. The van der Waals surface area contributed by atoms with E-state index in [1.807, 2.05) is 6.92 Å². The highest BCUT2D eigenvalue weighted by molar-refractivity contribution is 9.10. The molecule has 0 aliphatic rings. The van der Waals surface area contributed by atoms with E-state index >= 15 is 0 Å². The molecule has 0 atom stereocenters. The Hall–Kier alpha value is -1.21. The summed E-state index contributed by atoms with van der Waals surface area (Å²) in [7, 11) is 0. The molecule has 22 heavy (non-hydrogen) atoms. The molecule has 1 heterocycles. The van der Waals surface area contributed by atoms with Gasteiger partial charge in [-0.3, -0.25) is 4.79 Å². The molecule has 0 aliphatic heterocycles. The molecule has 0 bridgehead atoms. The molecular formula is C15H13Br2F2NO2. The fraction of sp³-hybridized carbons (Fsp3) is 0.267. The highest BCUT2D eigenvalue weighted by Crippen LogP contribution is 2.31. The summed E-state index contributed by atoms with van der Waals surface area (Å²) in [6.07, 6.45) is -2.62. The van der Waals surface area contributed by atoms with Gasteiger partial charge >= 0.3 is 0 Å². The van der Waals surface area contributed by atoms with Gasteiger partial charge in [0.2, 0.25) is 0 Å². The summed E-state index contributed by atoms with van der Waals surface area (Å²) in [5.74, 6) is 0.665. The molecule has 0 aliphatic carbocycles. The van der Waals surface area contributed by atoms with Crippen molar-refractivity contribution in [1.82, 2.24) is 4.57 Å². The SMILES string of the molecule is CCOc1ccc(-c2ccc(Br)c(=O)n2CC(F)F)c(Br)c1. The summed E-state index contributed by atoms with van der Waals surface area (Å²) < 4.78 is 32.9. The number of aromatic nitrogens is 1. The van der Waals surface area contributed by atoms with Gasteiger partial charge in [-0.25, -0.2) is 8.78 Å². The number of rotatable bonds is 5. The summed E-state index contributed by atoms with van der Waals surface area (Å²) >= 11 is 6.49. The van der Waals surface area contributed by atoms with Crippen LogP contribution in [-0.2, 0) is 6.54 Å². The Kier molecular flexibility index (Phi) is 5.74. The predicted octanol–water partition coefficient (Wildman–Crippen LogP) is 4.70. The highest BCUT2D eigenvalue weighted by atomic mass is 79.9. The lowest BCUT2D eigenvalue weighted by atomic mass is 10.1. The molecule has 1 aromatic heterocycles. The third-order valence-electron chi connectivity index (χ3n) is 2.98. The lowest BCUT2D eigenvalue weighted by Gasteiger charge is -2.15. The molecule has 0 N–H and O–H groups in total. The van der Waals surface area contributed by atoms with Crippen LogP contribution in [0.3, 0.4) is 0 Å². The van der Waals surface area contributed by atoms with E-state index < -0.39 is 18.5 Å². The van der Waals surface area contributed by atoms with E-state index in [0.29, 0.717) is 28.1 Å². The first kappa shape index (κ1) is 17.1. The van der Waals surface area contributed by atoms with Gasteiger partial charge in [-0.15, -0.1) is 0 Å². The quantitative estimate of drug-likeness (QED) is 0.679. The van der Waals surface area contributed by atoms with Crippen molar-refractivity contribution in [2.45, 2.75) is 19.9 Å². The Balaban J connectivity index is 2.57. The number of ether oxygens (including phenoxy) is 1. The van der Waals surface area contributed by atoms with Crippen molar-refractivity contribution >= 4 is 31.9 Å². The maximum absolute atomic E-state index is 12.8. The van der Waals surface area contributed by atoms with Crippen LogP contribution in [0.4, 0.5) is 8.78 Å². The van der Waals surface area contributed by atoms with E-state index in [1.54, 1.807) is 30.3 Å². The molecule has 0 unspecified atom stereocenters. The van der Waals surface area contributed by atoms with Gasteiger partial charge in [0.15, 0.2) is 0 Å². The maximum Gasteiger partial charge on any atom is 0.265 e. The highest BCUT2D eigenvalue weighted by Gasteiger charge is 2.15. The van der Waals surface area contributed by atoms with Crippen LogP contribution >= 0.6 is 31.9 Å². The normalized spacial score (nSPS) is 11.0. The summed E-state index contributed by atoms with van der Waals surface area (Å²) in [6.45, 7) is 1.74. The minimum Gasteiger partial charge on any atom is -0.494 e. The smallest absolute Gasteiger partial charge is 0.265 e. The molecule has 0 saturated heterocycles. The van der Waals surface area contributed by atoms with Crippen LogP contribution in [0.5, 0.6) is 5.75 Å². The second-order valence-corrected chi connectivity index (χ2v) is 6.16. The van der Waals surface area contributed by atoms with E-state index in [2.05, 4.69) is 31.9 Å². The lowest BCUT2D eigenvalue weighted by Crippen LogP contribution is -2.25. The summed E-state index contributed by atoms with van der Waals surface area (Å²) in [4.78, 5) is 12.1. The van der Waals surface area contributed by atoms with Gasteiger partial charge in [-0.05, 0) is 69.1 Å². The largest absolute Gasteiger partial charge is 0.494 e.